The molecule has 0 unspecified atom stereocenters. The van der Waals surface area contributed by atoms with Gasteiger partial charge in [0.05, 0.1) is 0 Å². The monoisotopic (exact) mass is 474 g/mol. The number of rotatable bonds is 23. The lowest BCUT2D eigenvalue weighted by Crippen LogP contribution is -2.23. The Kier molecular flexibility index (Phi) is 22.5. The van der Waals surface area contributed by atoms with Crippen LogP contribution in [0, 0.1) is 5.41 Å². The molecule has 0 aromatic heterocycles. The Morgan fingerprint density at radius 2 is 1.21 bits per heavy atom. The van der Waals surface area contributed by atoms with Crippen LogP contribution in [0.5, 0.6) is 0 Å². The van der Waals surface area contributed by atoms with Crippen molar-refractivity contribution in [3.05, 3.63) is 17.4 Å². The molecule has 0 saturated heterocycles. The molecule has 0 aromatic rings. The summed E-state index contributed by atoms with van der Waals surface area (Å²) in [5.41, 5.74) is 7.17. The van der Waals surface area contributed by atoms with Gasteiger partial charge in [-0.25, -0.2) is 5.43 Å². The first-order chi connectivity index (χ1) is 16.5. The first-order valence-electron chi connectivity index (χ1n) is 14.7. The average Bonchev–Trinajstić information content (AvgIpc) is 2.83. The molecule has 0 fully saturated rings. The number of amides is 1. The molecule has 3 heteroatoms. The normalized spacial score (nSPS) is 13.0. The van der Waals surface area contributed by atoms with Crippen LogP contribution in [0.3, 0.4) is 0 Å². The third-order valence-corrected chi connectivity index (χ3v) is 6.82. The zero-order valence-electron chi connectivity index (χ0n) is 23.7. The fourth-order valence-electron chi connectivity index (χ4n) is 4.28. The summed E-state index contributed by atoms with van der Waals surface area (Å²) in [5, 5.41) is 4.33. The quantitative estimate of drug-likeness (QED) is 0.0680. The van der Waals surface area contributed by atoms with Gasteiger partial charge in [0.15, 0.2) is 0 Å². The average molecular weight is 475 g/mol. The first kappa shape index (κ1) is 32.7. The summed E-state index contributed by atoms with van der Waals surface area (Å²) in [7, 11) is 0. The molecule has 0 heterocycles. The highest BCUT2D eigenvalue weighted by Gasteiger charge is 2.22. The number of carbonyl (C=O) groups excluding carboxylic acids is 1. The largest absolute Gasteiger partial charge is 0.273 e. The highest BCUT2D eigenvalue weighted by Crippen LogP contribution is 2.28. The van der Waals surface area contributed by atoms with Crippen LogP contribution in [0.25, 0.3) is 0 Å². The third kappa shape index (κ3) is 20.1. The summed E-state index contributed by atoms with van der Waals surface area (Å²) < 4.78 is 0. The van der Waals surface area contributed by atoms with Crippen LogP contribution < -0.4 is 5.43 Å². The standard InChI is InChI=1S/C31H58N2O/c1-6-9-11-12-13-14-15-16-17-18-19-20-21-22-23-24-30(34)33-32-28-31(8-3,26-10-7-2)27-25-29(4)5/h27-28H,6-24,26H2,1-5H3,(H,33,34)/b32-28-/t31-/m1/s1. The lowest BCUT2D eigenvalue weighted by molar-refractivity contribution is -0.121. The Hall–Kier alpha value is -1.34. The van der Waals surface area contributed by atoms with Gasteiger partial charge in [0.2, 0.25) is 5.91 Å². The number of hydrogen-bond donors (Lipinski definition) is 1. The number of hydrogen-bond acceptors (Lipinski definition) is 2. The predicted molar refractivity (Wildman–Crippen MR) is 151 cm³/mol. The minimum absolute atomic E-state index is 0.0395. The first-order valence-corrected chi connectivity index (χ1v) is 14.7. The number of allylic oxidation sites excluding steroid dienone is 1. The van der Waals surface area contributed by atoms with Gasteiger partial charge in [-0.05, 0) is 44.8 Å². The van der Waals surface area contributed by atoms with Gasteiger partial charge >= 0.3 is 0 Å². The molecular formula is C31H58N2O. The molecule has 0 spiro atoms. The smallest absolute Gasteiger partial charge is 0.240 e. The van der Waals surface area contributed by atoms with Gasteiger partial charge in [-0.1, -0.05) is 124 Å². The van der Waals surface area contributed by atoms with Crippen molar-refractivity contribution in [1.82, 2.24) is 5.43 Å². The molecule has 0 aliphatic rings. The second-order valence-electron chi connectivity index (χ2n) is 10.5. The van der Waals surface area contributed by atoms with Crippen molar-refractivity contribution in [2.75, 3.05) is 0 Å². The van der Waals surface area contributed by atoms with E-state index in [2.05, 4.69) is 57.0 Å². The van der Waals surface area contributed by atoms with E-state index in [1.807, 2.05) is 6.21 Å². The Balaban J connectivity index is 3.86. The summed E-state index contributed by atoms with van der Waals surface area (Å²) in [6.07, 6.45) is 29.1. The second kappa shape index (κ2) is 23.4. The maximum absolute atomic E-state index is 12.2. The maximum Gasteiger partial charge on any atom is 0.240 e. The van der Waals surface area contributed by atoms with Gasteiger partial charge in [-0.3, -0.25) is 4.79 Å². The molecule has 1 atom stereocenters. The number of hydrazone groups is 1. The number of nitrogens with one attached hydrogen (secondary N) is 1. The SMILES string of the molecule is CCCCCCCCCCCCCCCCCC(=O)N/N=C\[C@](C=C=C(C)C)(CC)CCCC. The Bertz CT molecular complexity index is 570. The van der Waals surface area contributed by atoms with Gasteiger partial charge in [0, 0.05) is 18.1 Å². The van der Waals surface area contributed by atoms with E-state index in [-0.39, 0.29) is 11.3 Å². The summed E-state index contributed by atoms with van der Waals surface area (Å²) in [6, 6.07) is 0. The molecule has 0 aliphatic heterocycles. The second-order valence-corrected chi connectivity index (χ2v) is 10.5. The maximum atomic E-state index is 12.2. The van der Waals surface area contributed by atoms with Crippen LogP contribution >= 0.6 is 0 Å². The van der Waals surface area contributed by atoms with Crippen molar-refractivity contribution >= 4 is 12.1 Å². The van der Waals surface area contributed by atoms with Crippen LogP contribution in [0.15, 0.2) is 22.5 Å². The highest BCUT2D eigenvalue weighted by molar-refractivity contribution is 5.77. The fraction of sp³-hybridized carbons (Fsp3) is 0.839. The molecule has 34 heavy (non-hydrogen) atoms. The Labute approximate surface area is 213 Å². The molecule has 198 valence electrons. The van der Waals surface area contributed by atoms with E-state index < -0.39 is 0 Å². The molecule has 1 N–H and O–H groups in total. The summed E-state index contributed by atoms with van der Waals surface area (Å²) in [5.74, 6) is 0.0395. The van der Waals surface area contributed by atoms with Gasteiger partial charge in [-0.15, -0.1) is 5.73 Å². The van der Waals surface area contributed by atoms with E-state index >= 15 is 0 Å². The van der Waals surface area contributed by atoms with Crippen molar-refractivity contribution in [1.29, 1.82) is 0 Å². The van der Waals surface area contributed by atoms with Gasteiger partial charge in [0.1, 0.15) is 0 Å². The van der Waals surface area contributed by atoms with E-state index in [1.165, 1.54) is 89.0 Å². The molecular weight excluding hydrogens is 416 g/mol. The van der Waals surface area contributed by atoms with E-state index in [0.29, 0.717) is 6.42 Å². The number of nitrogens with zero attached hydrogens (tertiary/aromatic N) is 1. The molecule has 0 saturated carbocycles. The third-order valence-electron chi connectivity index (χ3n) is 6.82. The molecule has 3 nitrogen and oxygen atoms in total. The minimum atomic E-state index is -0.116. The molecule has 0 radical (unpaired) electrons. The Morgan fingerprint density at radius 1 is 0.735 bits per heavy atom. The van der Waals surface area contributed by atoms with Crippen molar-refractivity contribution in [3.63, 3.8) is 0 Å². The van der Waals surface area contributed by atoms with E-state index in [4.69, 9.17) is 0 Å². The van der Waals surface area contributed by atoms with E-state index in [0.717, 1.165) is 38.5 Å². The molecule has 0 bridgehead atoms. The van der Waals surface area contributed by atoms with Crippen LogP contribution in [-0.2, 0) is 4.79 Å². The van der Waals surface area contributed by atoms with E-state index in [9.17, 15) is 4.79 Å². The summed E-state index contributed by atoms with van der Waals surface area (Å²) in [6.45, 7) is 10.8. The predicted octanol–water partition coefficient (Wildman–Crippen LogP) is 10.1. The molecule has 0 aliphatic carbocycles. The van der Waals surface area contributed by atoms with Crippen LogP contribution in [-0.4, -0.2) is 12.1 Å². The van der Waals surface area contributed by atoms with Crippen molar-refractivity contribution < 1.29 is 4.79 Å². The van der Waals surface area contributed by atoms with Crippen molar-refractivity contribution in [3.8, 4) is 0 Å². The van der Waals surface area contributed by atoms with Gasteiger partial charge in [0.25, 0.3) is 0 Å². The van der Waals surface area contributed by atoms with Crippen molar-refractivity contribution in [2.45, 2.75) is 163 Å². The summed E-state index contributed by atoms with van der Waals surface area (Å²) in [4.78, 5) is 12.2. The molecule has 0 rings (SSSR count). The number of unbranched alkanes of at least 4 members (excludes halogenated alkanes) is 15. The lowest BCUT2D eigenvalue weighted by atomic mass is 9.81. The molecule has 0 aromatic carbocycles. The van der Waals surface area contributed by atoms with Gasteiger partial charge in [-0.2, -0.15) is 5.10 Å². The Morgan fingerprint density at radius 3 is 1.65 bits per heavy atom. The lowest BCUT2D eigenvalue weighted by Gasteiger charge is -2.23. The fourth-order valence-corrected chi connectivity index (χ4v) is 4.28. The van der Waals surface area contributed by atoms with Gasteiger partial charge < -0.3 is 0 Å². The topological polar surface area (TPSA) is 41.5 Å². The van der Waals surface area contributed by atoms with Crippen LogP contribution in [0.2, 0.25) is 0 Å². The van der Waals surface area contributed by atoms with Crippen LogP contribution in [0.4, 0.5) is 0 Å². The zero-order valence-corrected chi connectivity index (χ0v) is 23.7. The summed E-state index contributed by atoms with van der Waals surface area (Å²) >= 11 is 0. The van der Waals surface area contributed by atoms with E-state index in [1.54, 1.807) is 0 Å². The van der Waals surface area contributed by atoms with Crippen molar-refractivity contribution in [2.24, 2.45) is 10.5 Å². The minimum Gasteiger partial charge on any atom is -0.273 e. The highest BCUT2D eigenvalue weighted by atomic mass is 16.2. The van der Waals surface area contributed by atoms with Crippen LogP contribution in [0.1, 0.15) is 163 Å². The molecule has 1 amide bonds. The number of carbonyl (C=O) groups is 1. The zero-order chi connectivity index (χ0) is 25.3.